The van der Waals surface area contributed by atoms with E-state index in [4.69, 9.17) is 23.9 Å². The summed E-state index contributed by atoms with van der Waals surface area (Å²) in [6.45, 7) is 7.48. The predicted molar refractivity (Wildman–Crippen MR) is 140 cm³/mol. The van der Waals surface area contributed by atoms with Crippen LogP contribution in [-0.2, 0) is 23.8 Å². The van der Waals surface area contributed by atoms with Crippen LogP contribution in [0.5, 0.6) is 5.75 Å². The lowest BCUT2D eigenvalue weighted by atomic mass is 10.1. The van der Waals surface area contributed by atoms with Crippen molar-refractivity contribution < 1.29 is 28.5 Å². The molecular weight excluding hydrogens is 476 g/mol. The molecule has 0 fully saturated rings. The quantitative estimate of drug-likeness (QED) is 0.249. The van der Waals surface area contributed by atoms with E-state index in [2.05, 4.69) is 5.10 Å². The number of hydrogen-bond donors (Lipinski definition) is 0. The van der Waals surface area contributed by atoms with E-state index in [1.165, 1.54) is 7.11 Å². The average Bonchev–Trinajstić information content (AvgIpc) is 3.29. The van der Waals surface area contributed by atoms with Crippen molar-refractivity contribution in [2.75, 3.05) is 45.4 Å². The lowest BCUT2D eigenvalue weighted by Crippen LogP contribution is -2.30. The van der Waals surface area contributed by atoms with Gasteiger partial charge in [-0.1, -0.05) is 12.1 Å². The molecule has 10 nitrogen and oxygen atoms in total. The predicted octanol–water partition coefficient (Wildman–Crippen LogP) is 3.91. The minimum atomic E-state index is -0.489. The van der Waals surface area contributed by atoms with Crippen LogP contribution in [0.2, 0.25) is 0 Å². The van der Waals surface area contributed by atoms with Gasteiger partial charge in [-0.25, -0.2) is 9.50 Å². The summed E-state index contributed by atoms with van der Waals surface area (Å²) < 4.78 is 23.0. The molecule has 0 radical (unpaired) electrons. The number of methoxy groups -OCH3 is 2. The minimum absolute atomic E-state index is 0.232. The molecule has 0 atom stereocenters. The molecule has 0 aliphatic rings. The molecule has 0 N–H and O–H groups in total. The molecule has 0 saturated carbocycles. The van der Waals surface area contributed by atoms with Crippen LogP contribution >= 0.6 is 0 Å². The Kier molecular flexibility index (Phi) is 9.85. The van der Waals surface area contributed by atoms with Crippen LogP contribution in [0.3, 0.4) is 0 Å². The smallest absolute Gasteiger partial charge is 0.307 e. The van der Waals surface area contributed by atoms with E-state index >= 15 is 0 Å². The van der Waals surface area contributed by atoms with Gasteiger partial charge in [0.2, 0.25) is 0 Å². The summed E-state index contributed by atoms with van der Waals surface area (Å²) in [6, 6.07) is 9.55. The van der Waals surface area contributed by atoms with Crippen molar-refractivity contribution in [2.24, 2.45) is 0 Å². The van der Waals surface area contributed by atoms with Crippen molar-refractivity contribution in [1.29, 1.82) is 0 Å². The van der Waals surface area contributed by atoms with Crippen molar-refractivity contribution in [2.45, 2.75) is 45.6 Å². The highest BCUT2D eigenvalue weighted by atomic mass is 16.6. The Morgan fingerprint density at radius 2 is 1.84 bits per heavy atom. The van der Waals surface area contributed by atoms with E-state index in [-0.39, 0.29) is 18.4 Å². The normalized spacial score (nSPS) is 11.4. The van der Waals surface area contributed by atoms with Gasteiger partial charge in [0.25, 0.3) is 0 Å². The fourth-order valence-corrected chi connectivity index (χ4v) is 3.66. The molecule has 3 rings (SSSR count). The Bertz CT molecular complexity index is 1190. The van der Waals surface area contributed by atoms with E-state index in [1.54, 1.807) is 17.8 Å². The average molecular weight is 513 g/mol. The molecule has 3 aromatic rings. The highest BCUT2D eigenvalue weighted by Crippen LogP contribution is 2.28. The van der Waals surface area contributed by atoms with E-state index < -0.39 is 5.60 Å². The molecule has 0 amide bonds. The maximum atomic E-state index is 11.9. The maximum Gasteiger partial charge on any atom is 0.307 e. The van der Waals surface area contributed by atoms with Crippen LogP contribution in [0, 0.1) is 0 Å². The third-order valence-corrected chi connectivity index (χ3v) is 5.42. The van der Waals surface area contributed by atoms with Crippen molar-refractivity contribution >= 4 is 23.4 Å². The van der Waals surface area contributed by atoms with Crippen LogP contribution in [0.4, 0.5) is 5.82 Å². The number of nitrogens with zero attached hydrogens (tertiary/aromatic N) is 4. The van der Waals surface area contributed by atoms with Crippen molar-refractivity contribution in [3.63, 3.8) is 0 Å². The maximum absolute atomic E-state index is 11.9. The summed E-state index contributed by atoms with van der Waals surface area (Å²) >= 11 is 0. The zero-order valence-corrected chi connectivity index (χ0v) is 22.2. The SMILES string of the molecule is COCCN(CCC(=O)OC)c1ccn2ncc(-c3cccc(OCCCC(=O)OC(C)(C)C)c3)c2n1. The summed E-state index contributed by atoms with van der Waals surface area (Å²) in [4.78, 5) is 30.4. The lowest BCUT2D eigenvalue weighted by Gasteiger charge is -2.23. The third kappa shape index (κ3) is 8.45. The molecule has 37 heavy (non-hydrogen) atoms. The minimum Gasteiger partial charge on any atom is -0.494 e. The molecule has 0 aliphatic carbocycles. The Morgan fingerprint density at radius 3 is 2.57 bits per heavy atom. The summed E-state index contributed by atoms with van der Waals surface area (Å²) in [7, 11) is 3.01. The second-order valence-electron chi connectivity index (χ2n) is 9.48. The fraction of sp³-hybridized carbons (Fsp3) is 0.481. The number of ether oxygens (including phenoxy) is 4. The summed E-state index contributed by atoms with van der Waals surface area (Å²) in [5.41, 5.74) is 1.94. The van der Waals surface area contributed by atoms with Gasteiger partial charge in [-0.2, -0.15) is 5.10 Å². The molecule has 2 aromatic heterocycles. The number of carbonyl (C=O) groups is 2. The molecule has 0 saturated heterocycles. The number of fused-ring (bicyclic) bond motifs is 1. The fourth-order valence-electron chi connectivity index (χ4n) is 3.66. The van der Waals surface area contributed by atoms with Crippen LogP contribution in [0.15, 0.2) is 42.7 Å². The highest BCUT2D eigenvalue weighted by molar-refractivity contribution is 5.78. The number of benzene rings is 1. The Balaban J connectivity index is 1.73. The number of aromatic nitrogens is 3. The van der Waals surface area contributed by atoms with Gasteiger partial charge in [0, 0.05) is 38.4 Å². The Morgan fingerprint density at radius 1 is 1.03 bits per heavy atom. The highest BCUT2D eigenvalue weighted by Gasteiger charge is 2.17. The number of rotatable bonds is 13. The van der Waals surface area contributed by atoms with Crippen LogP contribution in [0.1, 0.15) is 40.0 Å². The van der Waals surface area contributed by atoms with Crippen LogP contribution < -0.4 is 9.64 Å². The van der Waals surface area contributed by atoms with Crippen LogP contribution in [0.25, 0.3) is 16.8 Å². The first-order valence-corrected chi connectivity index (χ1v) is 12.3. The Labute approximate surface area is 217 Å². The van der Waals surface area contributed by atoms with Crippen molar-refractivity contribution in [1.82, 2.24) is 14.6 Å². The summed E-state index contributed by atoms with van der Waals surface area (Å²) in [5.74, 6) is 0.891. The number of esters is 2. The first-order chi connectivity index (χ1) is 17.7. The first-order valence-electron chi connectivity index (χ1n) is 12.3. The molecule has 2 heterocycles. The molecular formula is C27H36N4O6. The first kappa shape index (κ1) is 27.9. The monoisotopic (exact) mass is 512 g/mol. The van der Waals surface area contributed by atoms with Gasteiger partial charge >= 0.3 is 11.9 Å². The number of carbonyl (C=O) groups excluding carboxylic acids is 2. The standard InChI is InChI=1S/C27H36N4O6/c1-27(2,3)37-25(33)10-7-16-36-21-9-6-8-20(18-21)22-19-28-31-14-11-23(29-26(22)31)30(15-17-34-4)13-12-24(32)35-5/h6,8-9,11,14,18-19H,7,10,12-13,15-17H2,1-5H3. The van der Waals surface area contributed by atoms with Gasteiger partial charge in [-0.05, 0) is 51.0 Å². The molecule has 1 aromatic carbocycles. The topological polar surface area (TPSA) is 104 Å². The second kappa shape index (κ2) is 13.0. The molecule has 0 spiro atoms. The van der Waals surface area contributed by atoms with Crippen molar-refractivity contribution in [3.8, 4) is 16.9 Å². The third-order valence-electron chi connectivity index (χ3n) is 5.42. The van der Waals surface area contributed by atoms with Crippen LogP contribution in [-0.4, -0.2) is 72.7 Å². The van der Waals surface area contributed by atoms with Gasteiger partial charge in [-0.15, -0.1) is 0 Å². The molecule has 0 unspecified atom stereocenters. The van der Waals surface area contributed by atoms with E-state index in [1.807, 2.05) is 62.2 Å². The molecule has 200 valence electrons. The second-order valence-corrected chi connectivity index (χ2v) is 9.48. The van der Waals surface area contributed by atoms with Crippen molar-refractivity contribution in [3.05, 3.63) is 42.7 Å². The van der Waals surface area contributed by atoms with E-state index in [9.17, 15) is 9.59 Å². The molecule has 0 aliphatic heterocycles. The molecule has 0 bridgehead atoms. The van der Waals surface area contributed by atoms with Gasteiger partial charge in [0.05, 0.1) is 32.9 Å². The molecule has 10 heteroatoms. The summed E-state index contributed by atoms with van der Waals surface area (Å²) in [6.07, 6.45) is 4.71. The zero-order chi connectivity index (χ0) is 26.8. The van der Waals surface area contributed by atoms with Gasteiger partial charge in [0.1, 0.15) is 17.2 Å². The number of anilines is 1. The summed E-state index contributed by atoms with van der Waals surface area (Å²) in [5, 5.41) is 4.44. The number of hydrogen-bond acceptors (Lipinski definition) is 9. The van der Waals surface area contributed by atoms with E-state index in [0.717, 1.165) is 11.1 Å². The van der Waals surface area contributed by atoms with Gasteiger partial charge < -0.3 is 23.8 Å². The lowest BCUT2D eigenvalue weighted by molar-refractivity contribution is -0.155. The van der Waals surface area contributed by atoms with Gasteiger partial charge in [0.15, 0.2) is 5.65 Å². The van der Waals surface area contributed by atoms with E-state index in [0.29, 0.717) is 56.4 Å². The largest absolute Gasteiger partial charge is 0.494 e. The Hall–Kier alpha value is -3.66. The zero-order valence-electron chi connectivity index (χ0n) is 22.2. The van der Waals surface area contributed by atoms with Gasteiger partial charge in [-0.3, -0.25) is 9.59 Å².